The predicted molar refractivity (Wildman–Crippen MR) is 105 cm³/mol. The molecule has 0 fully saturated rings. The van der Waals surface area contributed by atoms with E-state index in [1.807, 2.05) is 36.4 Å². The second kappa shape index (κ2) is 6.60. The van der Waals surface area contributed by atoms with Gasteiger partial charge < -0.3 is 0 Å². The normalized spacial score (nSPS) is 11.3. The van der Waals surface area contributed by atoms with Gasteiger partial charge in [0.15, 0.2) is 10.8 Å². The van der Waals surface area contributed by atoms with Crippen molar-refractivity contribution in [1.29, 1.82) is 0 Å². The van der Waals surface area contributed by atoms with Crippen LogP contribution in [-0.4, -0.2) is 24.8 Å². The van der Waals surface area contributed by atoms with Crippen LogP contribution in [-0.2, 0) is 0 Å². The lowest BCUT2D eigenvalue weighted by molar-refractivity contribution is 0.628. The van der Waals surface area contributed by atoms with Gasteiger partial charge in [-0.3, -0.25) is 4.72 Å². The average molecular weight is 394 g/mol. The van der Waals surface area contributed by atoms with E-state index >= 15 is 0 Å². The van der Waals surface area contributed by atoms with Crippen molar-refractivity contribution in [2.24, 2.45) is 0 Å². The minimum absolute atomic E-state index is 0.301. The fraction of sp³-hybridized carbons (Fsp3) is 0. The third kappa shape index (κ3) is 3.11. The molecule has 0 unspecified atom stereocenters. The Kier molecular flexibility index (Phi) is 3.95. The largest absolute Gasteiger partial charge is 0.299 e. The summed E-state index contributed by atoms with van der Waals surface area (Å²) in [5.74, 6) is -0.301. The summed E-state index contributed by atoms with van der Waals surface area (Å²) in [5.41, 5.74) is 2.90. The lowest BCUT2D eigenvalue weighted by Crippen LogP contribution is -1.98. The van der Waals surface area contributed by atoms with Crippen LogP contribution in [0, 0.1) is 5.82 Å². The van der Waals surface area contributed by atoms with E-state index in [4.69, 9.17) is 0 Å². The standard InChI is InChI=1S/C18H11FN6S2/c19-12-5-3-4-11(10-12)13-8-9-16-21-22-18(25(16)23-13)27-24-17-20-14-6-1-2-7-15(14)26-17/h1-10H,(H,20,24). The van der Waals surface area contributed by atoms with E-state index in [1.54, 1.807) is 28.0 Å². The fourth-order valence-corrected chi connectivity index (χ4v) is 4.18. The third-order valence-corrected chi connectivity index (χ3v) is 5.69. The van der Waals surface area contributed by atoms with Crippen LogP contribution >= 0.6 is 23.3 Å². The number of benzene rings is 2. The van der Waals surface area contributed by atoms with Crippen LogP contribution in [0.2, 0.25) is 0 Å². The van der Waals surface area contributed by atoms with E-state index in [9.17, 15) is 4.39 Å². The van der Waals surface area contributed by atoms with Gasteiger partial charge in [0.2, 0.25) is 5.16 Å². The molecule has 9 heteroatoms. The van der Waals surface area contributed by atoms with Crippen LogP contribution in [0.5, 0.6) is 0 Å². The molecule has 0 atom stereocenters. The topological polar surface area (TPSA) is 68.0 Å². The van der Waals surface area contributed by atoms with Crippen molar-refractivity contribution in [3.63, 3.8) is 0 Å². The number of aromatic nitrogens is 5. The molecule has 3 aromatic heterocycles. The molecule has 0 aliphatic rings. The van der Waals surface area contributed by atoms with Crippen molar-refractivity contribution >= 4 is 44.3 Å². The van der Waals surface area contributed by atoms with E-state index in [-0.39, 0.29) is 5.82 Å². The zero-order chi connectivity index (χ0) is 18.2. The van der Waals surface area contributed by atoms with Crippen LogP contribution in [0.1, 0.15) is 0 Å². The number of hydrogen-bond acceptors (Lipinski definition) is 7. The monoisotopic (exact) mass is 394 g/mol. The molecule has 0 aliphatic carbocycles. The highest BCUT2D eigenvalue weighted by atomic mass is 32.2. The first-order valence-electron chi connectivity index (χ1n) is 8.03. The van der Waals surface area contributed by atoms with Crippen molar-refractivity contribution < 1.29 is 4.39 Å². The Labute approximate surface area is 161 Å². The molecule has 0 aliphatic heterocycles. The quantitative estimate of drug-likeness (QED) is 0.447. The minimum Gasteiger partial charge on any atom is -0.299 e. The first-order chi connectivity index (χ1) is 13.3. The molecule has 132 valence electrons. The zero-order valence-corrected chi connectivity index (χ0v) is 15.3. The SMILES string of the molecule is Fc1cccc(-c2ccc3nnc(SNc4nc5ccccc5s4)n3n2)c1. The first kappa shape index (κ1) is 16.2. The van der Waals surface area contributed by atoms with Crippen LogP contribution in [0.15, 0.2) is 65.8 Å². The summed E-state index contributed by atoms with van der Waals surface area (Å²) in [6, 6.07) is 17.9. The second-order valence-electron chi connectivity index (χ2n) is 5.67. The van der Waals surface area contributed by atoms with Crippen molar-refractivity contribution in [3.8, 4) is 11.3 Å². The van der Waals surface area contributed by atoms with Gasteiger partial charge in [0.25, 0.3) is 0 Å². The third-order valence-electron chi connectivity index (χ3n) is 3.88. The van der Waals surface area contributed by atoms with Crippen molar-refractivity contribution in [2.75, 3.05) is 4.72 Å². The molecule has 0 bridgehead atoms. The Hall–Kier alpha value is -3.04. The highest BCUT2D eigenvalue weighted by Crippen LogP contribution is 2.29. The van der Waals surface area contributed by atoms with E-state index in [0.717, 1.165) is 15.3 Å². The average Bonchev–Trinajstić information content (AvgIpc) is 3.29. The molecule has 0 radical (unpaired) electrons. The van der Waals surface area contributed by atoms with Crippen LogP contribution in [0.4, 0.5) is 9.52 Å². The molecule has 0 saturated heterocycles. The number of fused-ring (bicyclic) bond motifs is 2. The fourth-order valence-electron chi connectivity index (χ4n) is 2.64. The summed E-state index contributed by atoms with van der Waals surface area (Å²) in [6.45, 7) is 0. The van der Waals surface area contributed by atoms with Crippen molar-refractivity contribution in [3.05, 3.63) is 66.5 Å². The lowest BCUT2D eigenvalue weighted by Gasteiger charge is -2.03. The van der Waals surface area contributed by atoms with Crippen LogP contribution < -0.4 is 4.72 Å². The molecule has 27 heavy (non-hydrogen) atoms. The zero-order valence-electron chi connectivity index (χ0n) is 13.7. The molecule has 1 N–H and O–H groups in total. The van der Waals surface area contributed by atoms with Crippen molar-refractivity contribution in [2.45, 2.75) is 5.16 Å². The number of rotatable bonds is 4. The highest BCUT2D eigenvalue weighted by molar-refractivity contribution is 8.00. The number of halogens is 1. The molecular formula is C18H11FN6S2. The van der Waals surface area contributed by atoms with Gasteiger partial charge in [0.05, 0.1) is 15.9 Å². The van der Waals surface area contributed by atoms with Crippen LogP contribution in [0.3, 0.4) is 0 Å². The number of thiazole rings is 1. The Bertz CT molecular complexity index is 1230. The Morgan fingerprint density at radius 3 is 2.81 bits per heavy atom. The first-order valence-corrected chi connectivity index (χ1v) is 9.66. The summed E-state index contributed by atoms with van der Waals surface area (Å²) in [7, 11) is 0. The van der Waals surface area contributed by atoms with Crippen LogP contribution in [0.25, 0.3) is 27.1 Å². The molecular weight excluding hydrogens is 383 g/mol. The molecule has 0 saturated carbocycles. The summed E-state index contributed by atoms with van der Waals surface area (Å²) in [5, 5.41) is 14.2. The summed E-state index contributed by atoms with van der Waals surface area (Å²) >= 11 is 2.85. The Morgan fingerprint density at radius 1 is 1.00 bits per heavy atom. The minimum atomic E-state index is -0.301. The Morgan fingerprint density at radius 2 is 1.93 bits per heavy atom. The second-order valence-corrected chi connectivity index (χ2v) is 7.48. The van der Waals surface area contributed by atoms with Gasteiger partial charge in [-0.05, 0) is 36.4 Å². The maximum absolute atomic E-state index is 13.5. The van der Waals surface area contributed by atoms with E-state index in [2.05, 4.69) is 25.0 Å². The smallest absolute Gasteiger partial charge is 0.232 e. The number of para-hydroxylation sites is 1. The van der Waals surface area contributed by atoms with Gasteiger partial charge in [-0.25, -0.2) is 9.37 Å². The highest BCUT2D eigenvalue weighted by Gasteiger charge is 2.11. The summed E-state index contributed by atoms with van der Waals surface area (Å²) in [4.78, 5) is 4.53. The molecule has 6 nitrogen and oxygen atoms in total. The molecule has 3 heterocycles. The maximum atomic E-state index is 13.5. The molecule has 5 aromatic rings. The summed E-state index contributed by atoms with van der Waals surface area (Å²) in [6.07, 6.45) is 0. The van der Waals surface area contributed by atoms with Gasteiger partial charge in [-0.1, -0.05) is 35.6 Å². The lowest BCUT2D eigenvalue weighted by atomic mass is 10.1. The number of nitrogens with zero attached hydrogens (tertiary/aromatic N) is 5. The molecule has 0 amide bonds. The molecule has 5 rings (SSSR count). The van der Waals surface area contributed by atoms with Gasteiger partial charge in [0.1, 0.15) is 5.82 Å². The van der Waals surface area contributed by atoms with Crippen molar-refractivity contribution in [1.82, 2.24) is 24.8 Å². The van der Waals surface area contributed by atoms with Gasteiger partial charge in [-0.15, -0.1) is 10.2 Å². The van der Waals surface area contributed by atoms with Gasteiger partial charge in [-0.2, -0.15) is 9.61 Å². The molecule has 0 spiro atoms. The molecule has 2 aromatic carbocycles. The van der Waals surface area contributed by atoms with E-state index < -0.39 is 0 Å². The maximum Gasteiger partial charge on any atom is 0.232 e. The number of anilines is 1. The van der Waals surface area contributed by atoms with Gasteiger partial charge in [0, 0.05) is 17.5 Å². The van der Waals surface area contributed by atoms with E-state index in [1.165, 1.54) is 24.1 Å². The predicted octanol–water partition coefficient (Wildman–Crippen LogP) is 4.66. The van der Waals surface area contributed by atoms with E-state index in [0.29, 0.717) is 22.1 Å². The Balaban J connectivity index is 1.45. The number of hydrogen-bond donors (Lipinski definition) is 1. The van der Waals surface area contributed by atoms with Gasteiger partial charge >= 0.3 is 0 Å². The summed E-state index contributed by atoms with van der Waals surface area (Å²) < 4.78 is 19.4. The number of nitrogens with one attached hydrogen (secondary N) is 1.